The summed E-state index contributed by atoms with van der Waals surface area (Å²) < 4.78 is 25.7. The Morgan fingerprint density at radius 2 is 1.83 bits per heavy atom. The van der Waals surface area contributed by atoms with Gasteiger partial charge in [-0.25, -0.2) is 18.2 Å². The summed E-state index contributed by atoms with van der Waals surface area (Å²) in [5, 5.41) is 12.6. The van der Waals surface area contributed by atoms with Crippen LogP contribution in [-0.2, 0) is 25.0 Å². The van der Waals surface area contributed by atoms with Gasteiger partial charge in [-0.05, 0) is 41.9 Å². The van der Waals surface area contributed by atoms with Crippen molar-refractivity contribution in [1.29, 1.82) is 0 Å². The molecule has 1 fully saturated rings. The van der Waals surface area contributed by atoms with E-state index in [0.717, 1.165) is 11.8 Å². The molecule has 0 bridgehead atoms. The number of sulfonamides is 1. The van der Waals surface area contributed by atoms with E-state index in [4.69, 9.17) is 0 Å². The van der Waals surface area contributed by atoms with E-state index in [1.54, 1.807) is 17.5 Å². The summed E-state index contributed by atoms with van der Waals surface area (Å²) in [5.74, 6) is -3.90. The van der Waals surface area contributed by atoms with E-state index in [-0.39, 0.29) is 29.7 Å². The highest BCUT2D eigenvalue weighted by atomic mass is 32.2. The lowest BCUT2D eigenvalue weighted by Gasteiger charge is -2.38. The highest BCUT2D eigenvalue weighted by Crippen LogP contribution is 2.51. The molecule has 0 radical (unpaired) electrons. The molecule has 2 N–H and O–H groups in total. The van der Waals surface area contributed by atoms with Crippen LogP contribution in [0.1, 0.15) is 74.4 Å². The molecule has 2 amide bonds. The standard InChI is InChI=1S/C25H33N3O6S2/c1-15(2)13-25(23(31)32)14-18(20(29)27-36(6,33)34)19(21-26-11-12-35-21)28(25)22(30)16-7-9-17(10-8-16)24(3,4)5/h7-12,15,18-19H,13-14H2,1-6H3,(H,27,29)(H,31,32)/t18-,19+,25-/m0/s1. The molecule has 0 unspecified atom stereocenters. The van der Waals surface area contributed by atoms with Crippen molar-refractivity contribution in [2.75, 3.05) is 6.26 Å². The zero-order valence-corrected chi connectivity index (χ0v) is 22.9. The molecule has 3 atom stereocenters. The summed E-state index contributed by atoms with van der Waals surface area (Å²) in [6, 6.07) is 5.94. The quantitative estimate of drug-likeness (QED) is 0.553. The van der Waals surface area contributed by atoms with Crippen LogP contribution in [0.4, 0.5) is 0 Å². The van der Waals surface area contributed by atoms with Gasteiger partial charge in [0.2, 0.25) is 15.9 Å². The number of nitrogens with zero attached hydrogens (tertiary/aromatic N) is 2. The minimum atomic E-state index is -3.91. The summed E-state index contributed by atoms with van der Waals surface area (Å²) in [4.78, 5) is 45.7. The number of nitrogens with one attached hydrogen (secondary N) is 1. The Labute approximate surface area is 216 Å². The van der Waals surface area contributed by atoms with Crippen LogP contribution in [0, 0.1) is 11.8 Å². The molecule has 36 heavy (non-hydrogen) atoms. The van der Waals surface area contributed by atoms with Gasteiger partial charge in [-0.2, -0.15) is 0 Å². The first kappa shape index (κ1) is 27.8. The maximum Gasteiger partial charge on any atom is 0.329 e. The maximum absolute atomic E-state index is 14.1. The van der Waals surface area contributed by atoms with Crippen LogP contribution < -0.4 is 4.72 Å². The number of hydrogen-bond donors (Lipinski definition) is 2. The van der Waals surface area contributed by atoms with Crippen LogP contribution in [0.25, 0.3) is 0 Å². The topological polar surface area (TPSA) is 134 Å². The molecule has 3 rings (SSSR count). The Morgan fingerprint density at radius 1 is 1.22 bits per heavy atom. The van der Waals surface area contributed by atoms with Crippen LogP contribution in [0.3, 0.4) is 0 Å². The predicted octanol–water partition coefficient (Wildman–Crippen LogP) is 3.59. The fourth-order valence-electron chi connectivity index (χ4n) is 4.88. The molecular formula is C25H33N3O6S2. The minimum Gasteiger partial charge on any atom is -0.479 e. The number of carbonyl (C=O) groups is 3. The molecule has 0 saturated carbocycles. The van der Waals surface area contributed by atoms with Gasteiger partial charge in [-0.15, -0.1) is 11.3 Å². The number of hydrogen-bond acceptors (Lipinski definition) is 7. The van der Waals surface area contributed by atoms with Gasteiger partial charge in [0, 0.05) is 17.1 Å². The van der Waals surface area contributed by atoms with E-state index in [2.05, 4.69) is 4.98 Å². The zero-order valence-electron chi connectivity index (χ0n) is 21.3. The Hall–Kier alpha value is -2.79. The average Bonchev–Trinajstić information content (AvgIpc) is 3.37. The molecule has 1 aromatic heterocycles. The Balaban J connectivity index is 2.21. The van der Waals surface area contributed by atoms with E-state index < -0.39 is 45.3 Å². The van der Waals surface area contributed by atoms with Gasteiger partial charge in [-0.1, -0.05) is 46.8 Å². The normalized spacial score (nSPS) is 22.6. The fourth-order valence-corrected chi connectivity index (χ4v) is 6.19. The smallest absolute Gasteiger partial charge is 0.329 e. The molecular weight excluding hydrogens is 502 g/mol. The van der Waals surface area contributed by atoms with Crippen molar-refractivity contribution >= 4 is 39.1 Å². The molecule has 9 nitrogen and oxygen atoms in total. The van der Waals surface area contributed by atoms with Gasteiger partial charge >= 0.3 is 5.97 Å². The number of thiazole rings is 1. The third-order valence-electron chi connectivity index (χ3n) is 6.37. The second kappa shape index (κ2) is 9.93. The van der Waals surface area contributed by atoms with Crippen molar-refractivity contribution in [3.63, 3.8) is 0 Å². The molecule has 0 aliphatic carbocycles. The highest BCUT2D eigenvalue weighted by molar-refractivity contribution is 7.89. The number of carbonyl (C=O) groups excluding carboxylic acids is 2. The van der Waals surface area contributed by atoms with Crippen LogP contribution in [0.5, 0.6) is 0 Å². The summed E-state index contributed by atoms with van der Waals surface area (Å²) >= 11 is 1.19. The lowest BCUT2D eigenvalue weighted by atomic mass is 9.83. The molecule has 1 aliphatic heterocycles. The maximum atomic E-state index is 14.1. The molecule has 2 heterocycles. The summed E-state index contributed by atoms with van der Waals surface area (Å²) in [5.41, 5.74) is -0.586. The molecule has 1 aliphatic rings. The van der Waals surface area contributed by atoms with Crippen molar-refractivity contribution < 1.29 is 27.9 Å². The molecule has 1 aromatic carbocycles. The molecule has 0 spiro atoms. The Kier molecular flexibility index (Phi) is 7.67. The number of benzene rings is 1. The predicted molar refractivity (Wildman–Crippen MR) is 137 cm³/mol. The van der Waals surface area contributed by atoms with Crippen molar-refractivity contribution in [3.05, 3.63) is 52.0 Å². The monoisotopic (exact) mass is 535 g/mol. The second-order valence-corrected chi connectivity index (χ2v) is 13.5. The number of rotatable bonds is 7. The largest absolute Gasteiger partial charge is 0.479 e. The Morgan fingerprint density at radius 3 is 2.28 bits per heavy atom. The van der Waals surface area contributed by atoms with E-state index in [0.29, 0.717) is 5.01 Å². The lowest BCUT2D eigenvalue weighted by Crippen LogP contribution is -2.54. The van der Waals surface area contributed by atoms with Gasteiger partial charge in [0.25, 0.3) is 5.91 Å². The highest BCUT2D eigenvalue weighted by Gasteiger charge is 2.61. The van der Waals surface area contributed by atoms with E-state index >= 15 is 0 Å². The second-order valence-electron chi connectivity index (χ2n) is 10.8. The SMILES string of the molecule is CC(C)C[C@@]1(C(=O)O)C[C@H](C(=O)NS(C)(=O)=O)[C@H](c2nccs2)N1C(=O)c1ccc(C(C)(C)C)cc1. The van der Waals surface area contributed by atoms with Crippen LogP contribution in [-0.4, -0.2) is 53.0 Å². The molecule has 11 heteroatoms. The van der Waals surface area contributed by atoms with Gasteiger partial charge in [-0.3, -0.25) is 14.3 Å². The fraction of sp³-hybridized carbons (Fsp3) is 0.520. The van der Waals surface area contributed by atoms with Crippen LogP contribution in [0.15, 0.2) is 35.8 Å². The third-order valence-corrected chi connectivity index (χ3v) is 7.78. The number of aromatic nitrogens is 1. The first-order chi connectivity index (χ1) is 16.6. The van der Waals surface area contributed by atoms with Gasteiger partial charge in [0.15, 0.2) is 0 Å². The molecule has 2 aromatic rings. The zero-order chi connectivity index (χ0) is 27.1. The van der Waals surface area contributed by atoms with Crippen molar-refractivity contribution in [3.8, 4) is 0 Å². The van der Waals surface area contributed by atoms with E-state index in [9.17, 15) is 27.9 Å². The first-order valence-corrected chi connectivity index (χ1v) is 14.4. The van der Waals surface area contributed by atoms with E-state index in [1.165, 1.54) is 22.4 Å². The molecule has 196 valence electrons. The number of aliphatic carboxylic acids is 1. The van der Waals surface area contributed by atoms with Gasteiger partial charge in [0.05, 0.1) is 18.2 Å². The van der Waals surface area contributed by atoms with Crippen molar-refractivity contribution in [2.45, 2.75) is 64.5 Å². The van der Waals surface area contributed by atoms with Gasteiger partial charge in [0.1, 0.15) is 10.5 Å². The number of likely N-dealkylation sites (tertiary alicyclic amines) is 1. The third kappa shape index (κ3) is 5.62. The number of amides is 2. The number of carboxylic acid groups (broad SMARTS) is 1. The lowest BCUT2D eigenvalue weighted by molar-refractivity contribution is -0.150. The summed E-state index contributed by atoms with van der Waals surface area (Å²) in [6.45, 7) is 9.82. The molecule has 1 saturated heterocycles. The summed E-state index contributed by atoms with van der Waals surface area (Å²) in [7, 11) is -3.91. The van der Waals surface area contributed by atoms with Crippen LogP contribution in [0.2, 0.25) is 0 Å². The van der Waals surface area contributed by atoms with Crippen molar-refractivity contribution in [2.24, 2.45) is 11.8 Å². The summed E-state index contributed by atoms with van der Waals surface area (Å²) in [6.07, 6.45) is 2.21. The number of carboxylic acids is 1. The first-order valence-electron chi connectivity index (χ1n) is 11.7. The van der Waals surface area contributed by atoms with E-state index in [1.807, 2.05) is 51.5 Å². The van der Waals surface area contributed by atoms with Gasteiger partial charge < -0.3 is 10.0 Å². The van der Waals surface area contributed by atoms with Crippen LogP contribution >= 0.6 is 11.3 Å². The minimum absolute atomic E-state index is 0.0820. The van der Waals surface area contributed by atoms with Crippen molar-refractivity contribution in [1.82, 2.24) is 14.6 Å². The Bertz CT molecular complexity index is 1230. The average molecular weight is 536 g/mol.